The lowest BCUT2D eigenvalue weighted by Gasteiger charge is -2.25. The zero-order chi connectivity index (χ0) is 13.9. The zero-order valence-electron chi connectivity index (χ0n) is 10.8. The minimum absolute atomic E-state index is 0.0494. The van der Waals surface area contributed by atoms with Gasteiger partial charge in [-0.2, -0.15) is 0 Å². The predicted octanol–water partition coefficient (Wildman–Crippen LogP) is 2.24. The molecule has 0 saturated carbocycles. The first-order chi connectivity index (χ1) is 9.75. The lowest BCUT2D eigenvalue weighted by molar-refractivity contribution is -0.138. The number of imide groups is 1. The molecule has 2 aromatic rings. The Morgan fingerprint density at radius 3 is 1.90 bits per heavy atom. The highest BCUT2D eigenvalue weighted by atomic mass is 16.5. The van der Waals surface area contributed by atoms with E-state index in [1.807, 2.05) is 42.5 Å². The van der Waals surface area contributed by atoms with E-state index in [9.17, 15) is 9.59 Å². The maximum absolute atomic E-state index is 11.7. The normalized spacial score (nSPS) is 15.5. The van der Waals surface area contributed by atoms with E-state index in [1.54, 1.807) is 12.1 Å². The molecule has 0 spiro atoms. The minimum Gasteiger partial charge on any atom is -0.362 e. The van der Waals surface area contributed by atoms with E-state index >= 15 is 0 Å². The number of amides is 2. The molecule has 4 heteroatoms. The molecule has 1 fully saturated rings. The third-order valence-corrected chi connectivity index (χ3v) is 3.18. The van der Waals surface area contributed by atoms with Gasteiger partial charge in [0.2, 0.25) is 0 Å². The lowest BCUT2D eigenvalue weighted by Crippen LogP contribution is -2.46. The molecule has 0 unspecified atom stereocenters. The molecule has 3 rings (SSSR count). The highest BCUT2D eigenvalue weighted by molar-refractivity contribution is 6.17. The molecule has 0 bridgehead atoms. The van der Waals surface area contributed by atoms with E-state index in [-0.39, 0.29) is 25.0 Å². The number of ether oxygens (including phenoxy) is 1. The van der Waals surface area contributed by atoms with E-state index in [4.69, 9.17) is 4.74 Å². The molecule has 0 atom stereocenters. The number of nitrogens with zero attached hydrogens (tertiary/aromatic N) is 1. The Morgan fingerprint density at radius 2 is 1.30 bits per heavy atom. The van der Waals surface area contributed by atoms with Crippen molar-refractivity contribution in [3.05, 3.63) is 54.6 Å². The minimum atomic E-state index is -0.325. The van der Waals surface area contributed by atoms with Crippen LogP contribution in [0.3, 0.4) is 0 Å². The summed E-state index contributed by atoms with van der Waals surface area (Å²) in [7, 11) is 0. The van der Waals surface area contributed by atoms with Crippen molar-refractivity contribution >= 4 is 17.5 Å². The van der Waals surface area contributed by atoms with Crippen LogP contribution in [0.1, 0.15) is 0 Å². The summed E-state index contributed by atoms with van der Waals surface area (Å²) in [6, 6.07) is 17.3. The summed E-state index contributed by atoms with van der Waals surface area (Å²) in [6.07, 6.45) is 0. The average molecular weight is 267 g/mol. The van der Waals surface area contributed by atoms with Gasteiger partial charge in [0, 0.05) is 0 Å². The second-order valence-electron chi connectivity index (χ2n) is 4.53. The Labute approximate surface area is 116 Å². The third-order valence-electron chi connectivity index (χ3n) is 3.18. The zero-order valence-corrected chi connectivity index (χ0v) is 10.8. The molecule has 100 valence electrons. The van der Waals surface area contributed by atoms with E-state index in [1.165, 1.54) is 4.90 Å². The molecule has 2 aromatic carbocycles. The van der Waals surface area contributed by atoms with Gasteiger partial charge in [0.1, 0.15) is 13.2 Å². The van der Waals surface area contributed by atoms with Crippen molar-refractivity contribution in [2.24, 2.45) is 0 Å². The highest BCUT2D eigenvalue weighted by Crippen LogP contribution is 2.24. The van der Waals surface area contributed by atoms with Crippen LogP contribution in [-0.4, -0.2) is 25.0 Å². The van der Waals surface area contributed by atoms with Crippen LogP contribution in [0.2, 0.25) is 0 Å². The number of carbonyl (C=O) groups is 2. The van der Waals surface area contributed by atoms with Crippen LogP contribution in [0.15, 0.2) is 54.6 Å². The van der Waals surface area contributed by atoms with Gasteiger partial charge in [0.05, 0.1) is 5.69 Å². The highest BCUT2D eigenvalue weighted by Gasteiger charge is 2.27. The van der Waals surface area contributed by atoms with Crippen LogP contribution in [0.25, 0.3) is 11.1 Å². The monoisotopic (exact) mass is 267 g/mol. The molecule has 2 amide bonds. The topological polar surface area (TPSA) is 46.6 Å². The number of carbonyl (C=O) groups excluding carboxylic acids is 2. The van der Waals surface area contributed by atoms with Gasteiger partial charge < -0.3 is 4.74 Å². The summed E-state index contributed by atoms with van der Waals surface area (Å²) >= 11 is 0. The van der Waals surface area contributed by atoms with Gasteiger partial charge in [-0.3, -0.25) is 9.59 Å². The molecule has 0 radical (unpaired) electrons. The Morgan fingerprint density at radius 1 is 0.750 bits per heavy atom. The molecule has 1 heterocycles. The van der Waals surface area contributed by atoms with Crippen LogP contribution in [0.4, 0.5) is 5.69 Å². The van der Waals surface area contributed by atoms with Crippen LogP contribution >= 0.6 is 0 Å². The van der Waals surface area contributed by atoms with Crippen molar-refractivity contribution in [2.45, 2.75) is 0 Å². The molecule has 4 nitrogen and oxygen atoms in total. The summed E-state index contributed by atoms with van der Waals surface area (Å²) in [5, 5.41) is 0. The first-order valence-corrected chi connectivity index (χ1v) is 6.35. The van der Waals surface area contributed by atoms with Crippen molar-refractivity contribution in [3.63, 3.8) is 0 Å². The molecule has 1 aliphatic heterocycles. The molecule has 1 aliphatic rings. The number of benzene rings is 2. The summed E-state index contributed by atoms with van der Waals surface area (Å²) in [5.74, 6) is -0.651. The van der Waals surface area contributed by atoms with Crippen molar-refractivity contribution in [1.29, 1.82) is 0 Å². The first-order valence-electron chi connectivity index (χ1n) is 6.35. The Bertz CT molecular complexity index is 619. The van der Waals surface area contributed by atoms with Gasteiger partial charge in [0.15, 0.2) is 0 Å². The first kappa shape index (κ1) is 12.6. The van der Waals surface area contributed by atoms with Crippen LogP contribution in [0, 0.1) is 0 Å². The lowest BCUT2D eigenvalue weighted by atomic mass is 10.1. The van der Waals surface area contributed by atoms with Gasteiger partial charge in [-0.1, -0.05) is 42.5 Å². The third kappa shape index (κ3) is 2.33. The Balaban J connectivity index is 1.90. The molecular weight excluding hydrogens is 254 g/mol. The predicted molar refractivity (Wildman–Crippen MR) is 75.2 cm³/mol. The Kier molecular flexibility index (Phi) is 3.31. The molecule has 0 aliphatic carbocycles. The molecule has 0 N–H and O–H groups in total. The van der Waals surface area contributed by atoms with Crippen molar-refractivity contribution in [2.75, 3.05) is 18.1 Å². The fourth-order valence-corrected chi connectivity index (χ4v) is 2.22. The van der Waals surface area contributed by atoms with Gasteiger partial charge in [-0.05, 0) is 23.3 Å². The summed E-state index contributed by atoms with van der Waals surface area (Å²) < 4.78 is 4.90. The maximum Gasteiger partial charge on any atom is 0.259 e. The van der Waals surface area contributed by atoms with Gasteiger partial charge in [-0.25, -0.2) is 4.90 Å². The average Bonchev–Trinajstić information content (AvgIpc) is 2.49. The van der Waals surface area contributed by atoms with Crippen LogP contribution in [0.5, 0.6) is 0 Å². The largest absolute Gasteiger partial charge is 0.362 e. The SMILES string of the molecule is O=C1COCC(=O)N1c1ccc(-c2ccccc2)cc1. The number of rotatable bonds is 2. The van der Waals surface area contributed by atoms with E-state index in [0.29, 0.717) is 5.69 Å². The van der Waals surface area contributed by atoms with Gasteiger partial charge in [-0.15, -0.1) is 0 Å². The fourth-order valence-electron chi connectivity index (χ4n) is 2.22. The number of morpholine rings is 1. The second-order valence-corrected chi connectivity index (χ2v) is 4.53. The quantitative estimate of drug-likeness (QED) is 0.784. The van der Waals surface area contributed by atoms with Crippen LogP contribution in [-0.2, 0) is 14.3 Å². The van der Waals surface area contributed by atoms with Crippen molar-refractivity contribution in [1.82, 2.24) is 0 Å². The van der Waals surface area contributed by atoms with E-state index in [0.717, 1.165) is 11.1 Å². The van der Waals surface area contributed by atoms with Crippen LogP contribution < -0.4 is 4.90 Å². The van der Waals surface area contributed by atoms with E-state index in [2.05, 4.69) is 0 Å². The van der Waals surface area contributed by atoms with Gasteiger partial charge >= 0.3 is 0 Å². The standard InChI is InChI=1S/C16H13NO3/c18-15-10-20-11-16(19)17(15)14-8-6-13(7-9-14)12-4-2-1-3-5-12/h1-9H,10-11H2. The van der Waals surface area contributed by atoms with Crippen molar-refractivity contribution < 1.29 is 14.3 Å². The summed E-state index contributed by atoms with van der Waals surface area (Å²) in [6.45, 7) is -0.0989. The van der Waals surface area contributed by atoms with Gasteiger partial charge in [0.25, 0.3) is 11.8 Å². The second kappa shape index (κ2) is 5.27. The van der Waals surface area contributed by atoms with E-state index < -0.39 is 0 Å². The fraction of sp³-hybridized carbons (Fsp3) is 0.125. The molecular formula is C16H13NO3. The maximum atomic E-state index is 11.7. The molecule has 1 saturated heterocycles. The van der Waals surface area contributed by atoms with Crippen molar-refractivity contribution in [3.8, 4) is 11.1 Å². The number of hydrogen-bond acceptors (Lipinski definition) is 3. The summed E-state index contributed by atoms with van der Waals surface area (Å²) in [4.78, 5) is 24.7. The number of hydrogen-bond donors (Lipinski definition) is 0. The number of anilines is 1. The molecule has 20 heavy (non-hydrogen) atoms. The Hall–Kier alpha value is -2.46. The smallest absolute Gasteiger partial charge is 0.259 e. The molecule has 0 aromatic heterocycles. The summed E-state index contributed by atoms with van der Waals surface area (Å²) in [5.41, 5.74) is 2.73.